The van der Waals surface area contributed by atoms with Gasteiger partial charge in [0.05, 0.1) is 6.54 Å². The number of Topliss-reactive ketones (excluding diaryl/α,β-unsaturated/α-hetero) is 1. The molecule has 1 aromatic heterocycles. The van der Waals surface area contributed by atoms with Crippen LogP contribution in [-0.2, 0) is 7.05 Å². The SMILES string of the molecule is CN(C)c1ccc(NCC(=O)c2cn(C)c3ccccc23)cc1. The molecule has 4 heteroatoms. The first-order chi connectivity index (χ1) is 11.1. The largest absolute Gasteiger partial charge is 0.378 e. The van der Waals surface area contributed by atoms with Gasteiger partial charge in [0.1, 0.15) is 0 Å². The summed E-state index contributed by atoms with van der Waals surface area (Å²) in [4.78, 5) is 14.6. The number of anilines is 2. The summed E-state index contributed by atoms with van der Waals surface area (Å²) < 4.78 is 1.99. The van der Waals surface area contributed by atoms with E-state index in [-0.39, 0.29) is 12.3 Å². The maximum Gasteiger partial charge on any atom is 0.184 e. The maximum absolute atomic E-state index is 12.5. The lowest BCUT2D eigenvalue weighted by Crippen LogP contribution is -2.14. The second-order valence-corrected chi connectivity index (χ2v) is 5.89. The van der Waals surface area contributed by atoms with Crippen LogP contribution < -0.4 is 10.2 Å². The van der Waals surface area contributed by atoms with Gasteiger partial charge in [0.15, 0.2) is 5.78 Å². The fraction of sp³-hybridized carbons (Fsp3) is 0.211. The molecule has 0 unspecified atom stereocenters. The zero-order valence-electron chi connectivity index (χ0n) is 13.7. The van der Waals surface area contributed by atoms with Crippen LogP contribution in [0.2, 0.25) is 0 Å². The van der Waals surface area contributed by atoms with Crippen LogP contribution in [0.3, 0.4) is 0 Å². The Morgan fingerprint density at radius 2 is 1.78 bits per heavy atom. The van der Waals surface area contributed by atoms with Gasteiger partial charge in [-0.1, -0.05) is 18.2 Å². The highest BCUT2D eigenvalue weighted by molar-refractivity contribution is 6.09. The van der Waals surface area contributed by atoms with E-state index in [1.54, 1.807) is 0 Å². The molecule has 1 N–H and O–H groups in total. The molecule has 23 heavy (non-hydrogen) atoms. The lowest BCUT2D eigenvalue weighted by molar-refractivity contribution is 0.101. The third-order valence-electron chi connectivity index (χ3n) is 4.03. The minimum Gasteiger partial charge on any atom is -0.378 e. The second-order valence-electron chi connectivity index (χ2n) is 5.89. The molecule has 0 aliphatic heterocycles. The number of nitrogens with one attached hydrogen (secondary N) is 1. The quantitative estimate of drug-likeness (QED) is 0.733. The average molecular weight is 307 g/mol. The van der Waals surface area contributed by atoms with Gasteiger partial charge in [-0.3, -0.25) is 4.79 Å². The van der Waals surface area contributed by atoms with E-state index in [0.29, 0.717) is 0 Å². The van der Waals surface area contributed by atoms with Crippen LogP contribution in [0.15, 0.2) is 54.7 Å². The molecular formula is C19H21N3O. The molecule has 0 atom stereocenters. The number of aromatic nitrogens is 1. The molecule has 0 saturated heterocycles. The number of rotatable bonds is 5. The summed E-state index contributed by atoms with van der Waals surface area (Å²) in [5, 5.41) is 4.21. The standard InChI is InChI=1S/C19H21N3O/c1-21(2)15-10-8-14(9-11-15)20-12-19(23)17-13-22(3)18-7-5-4-6-16(17)18/h4-11,13,20H,12H2,1-3H3. The number of nitrogens with zero attached hydrogens (tertiary/aromatic N) is 2. The molecule has 0 fully saturated rings. The van der Waals surface area contributed by atoms with Crippen LogP contribution in [0.25, 0.3) is 10.9 Å². The molecule has 3 aromatic rings. The number of fused-ring (bicyclic) bond motifs is 1. The minimum absolute atomic E-state index is 0.0958. The molecule has 0 saturated carbocycles. The van der Waals surface area contributed by atoms with Crippen LogP contribution >= 0.6 is 0 Å². The monoisotopic (exact) mass is 307 g/mol. The first-order valence-electron chi connectivity index (χ1n) is 7.65. The number of hydrogen-bond donors (Lipinski definition) is 1. The molecule has 2 aromatic carbocycles. The Morgan fingerprint density at radius 3 is 2.48 bits per heavy atom. The average Bonchev–Trinajstić information content (AvgIpc) is 2.90. The van der Waals surface area contributed by atoms with Gasteiger partial charge in [-0.25, -0.2) is 0 Å². The van der Waals surface area contributed by atoms with Gasteiger partial charge in [-0.15, -0.1) is 0 Å². The molecule has 0 spiro atoms. The van der Waals surface area contributed by atoms with Crippen molar-refractivity contribution in [2.75, 3.05) is 30.9 Å². The van der Waals surface area contributed by atoms with Crippen molar-refractivity contribution in [2.45, 2.75) is 0 Å². The van der Waals surface area contributed by atoms with Crippen LogP contribution in [-0.4, -0.2) is 31.0 Å². The molecule has 1 heterocycles. The van der Waals surface area contributed by atoms with Crippen LogP contribution in [0.1, 0.15) is 10.4 Å². The topological polar surface area (TPSA) is 37.3 Å². The van der Waals surface area contributed by atoms with E-state index < -0.39 is 0 Å². The first kappa shape index (κ1) is 15.2. The molecule has 0 aliphatic carbocycles. The van der Waals surface area contributed by atoms with Crippen LogP contribution in [0, 0.1) is 0 Å². The maximum atomic E-state index is 12.5. The van der Waals surface area contributed by atoms with E-state index in [1.165, 1.54) is 0 Å². The van der Waals surface area contributed by atoms with Crippen molar-refractivity contribution < 1.29 is 4.79 Å². The lowest BCUT2D eigenvalue weighted by atomic mass is 10.1. The third kappa shape index (κ3) is 3.06. The van der Waals surface area contributed by atoms with E-state index in [0.717, 1.165) is 27.8 Å². The molecular weight excluding hydrogens is 286 g/mol. The molecule has 0 aliphatic rings. The number of ketones is 1. The highest BCUT2D eigenvalue weighted by Crippen LogP contribution is 2.21. The molecule has 118 valence electrons. The first-order valence-corrected chi connectivity index (χ1v) is 7.65. The summed E-state index contributed by atoms with van der Waals surface area (Å²) in [5.74, 6) is 0.0958. The summed E-state index contributed by atoms with van der Waals surface area (Å²) in [6, 6.07) is 16.0. The van der Waals surface area contributed by atoms with Crippen molar-refractivity contribution >= 4 is 28.1 Å². The Morgan fingerprint density at radius 1 is 1.09 bits per heavy atom. The van der Waals surface area contributed by atoms with Crippen molar-refractivity contribution in [1.82, 2.24) is 4.57 Å². The van der Waals surface area contributed by atoms with Crippen molar-refractivity contribution in [3.8, 4) is 0 Å². The fourth-order valence-corrected chi connectivity index (χ4v) is 2.72. The third-order valence-corrected chi connectivity index (χ3v) is 4.03. The van der Waals surface area contributed by atoms with E-state index in [9.17, 15) is 4.79 Å². The number of para-hydroxylation sites is 1. The zero-order valence-corrected chi connectivity index (χ0v) is 13.7. The Bertz CT molecular complexity index is 831. The highest BCUT2D eigenvalue weighted by Gasteiger charge is 2.13. The van der Waals surface area contributed by atoms with Gasteiger partial charge in [0.25, 0.3) is 0 Å². The highest BCUT2D eigenvalue weighted by atomic mass is 16.1. The Kier molecular flexibility index (Phi) is 4.06. The number of benzene rings is 2. The van der Waals surface area contributed by atoms with Gasteiger partial charge in [0, 0.05) is 55.2 Å². The summed E-state index contributed by atoms with van der Waals surface area (Å²) in [6.07, 6.45) is 1.91. The Labute approximate surface area is 136 Å². The van der Waals surface area contributed by atoms with Gasteiger partial charge in [-0.2, -0.15) is 0 Å². The Balaban J connectivity index is 1.74. The van der Waals surface area contributed by atoms with Gasteiger partial charge in [0.2, 0.25) is 0 Å². The number of hydrogen-bond acceptors (Lipinski definition) is 3. The fourth-order valence-electron chi connectivity index (χ4n) is 2.72. The normalized spacial score (nSPS) is 10.7. The van der Waals surface area contributed by atoms with Gasteiger partial charge < -0.3 is 14.8 Å². The smallest absolute Gasteiger partial charge is 0.184 e. The van der Waals surface area contributed by atoms with Crippen LogP contribution in [0.5, 0.6) is 0 Å². The summed E-state index contributed by atoms with van der Waals surface area (Å²) in [5.41, 5.74) is 3.92. The number of aryl methyl sites for hydroxylation is 1. The van der Waals surface area contributed by atoms with Crippen molar-refractivity contribution in [1.29, 1.82) is 0 Å². The molecule has 4 nitrogen and oxygen atoms in total. The summed E-state index contributed by atoms with van der Waals surface area (Å²) in [7, 11) is 5.98. The summed E-state index contributed by atoms with van der Waals surface area (Å²) >= 11 is 0. The van der Waals surface area contributed by atoms with Crippen molar-refractivity contribution in [2.24, 2.45) is 7.05 Å². The van der Waals surface area contributed by atoms with E-state index in [1.807, 2.05) is 85.3 Å². The lowest BCUT2D eigenvalue weighted by Gasteiger charge is -2.13. The van der Waals surface area contributed by atoms with E-state index in [2.05, 4.69) is 5.32 Å². The predicted molar refractivity (Wildman–Crippen MR) is 96.5 cm³/mol. The molecule has 0 amide bonds. The zero-order chi connectivity index (χ0) is 16.4. The van der Waals surface area contributed by atoms with E-state index >= 15 is 0 Å². The van der Waals surface area contributed by atoms with Crippen molar-refractivity contribution in [3.05, 3.63) is 60.3 Å². The minimum atomic E-state index is 0.0958. The number of carbonyl (C=O) groups is 1. The Hall–Kier alpha value is -2.75. The predicted octanol–water partition coefficient (Wildman–Crippen LogP) is 3.54. The second kappa shape index (κ2) is 6.16. The molecule has 3 rings (SSSR count). The summed E-state index contributed by atoms with van der Waals surface area (Å²) in [6.45, 7) is 0.287. The van der Waals surface area contributed by atoms with Gasteiger partial charge in [-0.05, 0) is 30.3 Å². The molecule has 0 bridgehead atoms. The van der Waals surface area contributed by atoms with E-state index in [4.69, 9.17) is 0 Å². The molecule has 0 radical (unpaired) electrons. The van der Waals surface area contributed by atoms with Gasteiger partial charge >= 0.3 is 0 Å². The number of carbonyl (C=O) groups excluding carboxylic acids is 1. The van der Waals surface area contributed by atoms with Crippen molar-refractivity contribution in [3.63, 3.8) is 0 Å². The van der Waals surface area contributed by atoms with Crippen LogP contribution in [0.4, 0.5) is 11.4 Å².